The molecule has 3 aromatic carbocycles. The van der Waals surface area contributed by atoms with Crippen LogP contribution < -0.4 is 14.8 Å². The summed E-state index contributed by atoms with van der Waals surface area (Å²) in [5.74, 6) is 0.883. The summed E-state index contributed by atoms with van der Waals surface area (Å²) >= 11 is 0. The first-order valence-electron chi connectivity index (χ1n) is 12.5. The highest BCUT2D eigenvalue weighted by molar-refractivity contribution is 5.88. The van der Waals surface area contributed by atoms with Crippen LogP contribution >= 0.6 is 0 Å². The average molecular weight is 489 g/mol. The molecule has 1 unspecified atom stereocenters. The van der Waals surface area contributed by atoms with Crippen molar-refractivity contribution in [2.45, 2.75) is 45.7 Å². The first kappa shape index (κ1) is 26.8. The van der Waals surface area contributed by atoms with Gasteiger partial charge in [0, 0.05) is 19.5 Å². The zero-order chi connectivity index (χ0) is 25.8. The largest absolute Gasteiger partial charge is 0.497 e. The lowest BCUT2D eigenvalue weighted by atomic mass is 10.0. The SMILES string of the molecule is CCCNC(=O)C(Cc1ccccc1)N(Cc1cccc(OC)c1)C(=O)COc1ccc(CC)cc1. The molecule has 6 nitrogen and oxygen atoms in total. The van der Waals surface area contributed by atoms with Gasteiger partial charge in [0.25, 0.3) is 5.91 Å². The Morgan fingerprint density at radius 1 is 0.861 bits per heavy atom. The second kappa shape index (κ2) is 13.9. The van der Waals surface area contributed by atoms with E-state index in [9.17, 15) is 9.59 Å². The van der Waals surface area contributed by atoms with Gasteiger partial charge >= 0.3 is 0 Å². The Morgan fingerprint density at radius 2 is 1.58 bits per heavy atom. The van der Waals surface area contributed by atoms with Crippen molar-refractivity contribution < 1.29 is 19.1 Å². The molecular weight excluding hydrogens is 452 g/mol. The zero-order valence-corrected chi connectivity index (χ0v) is 21.4. The molecule has 0 saturated heterocycles. The minimum atomic E-state index is -0.691. The number of hydrogen-bond donors (Lipinski definition) is 1. The third-order valence-corrected chi connectivity index (χ3v) is 6.00. The molecule has 2 amide bonds. The third-order valence-electron chi connectivity index (χ3n) is 6.00. The van der Waals surface area contributed by atoms with Gasteiger partial charge in [-0.15, -0.1) is 0 Å². The first-order valence-corrected chi connectivity index (χ1v) is 12.5. The van der Waals surface area contributed by atoms with Crippen LogP contribution in [0.3, 0.4) is 0 Å². The van der Waals surface area contributed by atoms with Crippen molar-refractivity contribution >= 4 is 11.8 Å². The van der Waals surface area contributed by atoms with Crippen molar-refractivity contribution in [3.05, 3.63) is 95.6 Å². The van der Waals surface area contributed by atoms with Crippen LogP contribution in [0.1, 0.15) is 37.0 Å². The minimum absolute atomic E-state index is 0.165. The lowest BCUT2D eigenvalue weighted by Gasteiger charge is -2.31. The quantitative estimate of drug-likeness (QED) is 0.375. The Labute approximate surface area is 214 Å². The molecule has 0 bridgehead atoms. The molecule has 0 heterocycles. The summed E-state index contributed by atoms with van der Waals surface area (Å²) < 4.78 is 11.2. The van der Waals surface area contributed by atoms with Crippen molar-refractivity contribution in [2.24, 2.45) is 0 Å². The second-order valence-electron chi connectivity index (χ2n) is 8.66. The van der Waals surface area contributed by atoms with Gasteiger partial charge in [-0.05, 0) is 53.8 Å². The molecule has 0 saturated carbocycles. The van der Waals surface area contributed by atoms with E-state index in [0.717, 1.165) is 24.0 Å². The van der Waals surface area contributed by atoms with Crippen molar-refractivity contribution in [3.63, 3.8) is 0 Å². The van der Waals surface area contributed by atoms with Crippen molar-refractivity contribution in [2.75, 3.05) is 20.3 Å². The van der Waals surface area contributed by atoms with E-state index in [-0.39, 0.29) is 25.0 Å². The van der Waals surface area contributed by atoms with Gasteiger partial charge in [0.2, 0.25) is 5.91 Å². The van der Waals surface area contributed by atoms with E-state index in [1.807, 2.05) is 85.8 Å². The predicted molar refractivity (Wildman–Crippen MR) is 142 cm³/mol. The summed E-state index contributed by atoms with van der Waals surface area (Å²) in [4.78, 5) is 28.6. The highest BCUT2D eigenvalue weighted by Gasteiger charge is 2.30. The molecule has 3 rings (SSSR count). The van der Waals surface area contributed by atoms with Gasteiger partial charge in [0.05, 0.1) is 7.11 Å². The fourth-order valence-electron chi connectivity index (χ4n) is 3.94. The number of nitrogens with one attached hydrogen (secondary N) is 1. The Hall–Kier alpha value is -3.80. The molecule has 0 radical (unpaired) electrons. The maximum atomic E-state index is 13.6. The van der Waals surface area contributed by atoms with Crippen molar-refractivity contribution in [1.29, 1.82) is 0 Å². The summed E-state index contributed by atoms with van der Waals surface area (Å²) in [7, 11) is 1.61. The van der Waals surface area contributed by atoms with E-state index >= 15 is 0 Å². The van der Waals surface area contributed by atoms with Gasteiger partial charge in [-0.3, -0.25) is 9.59 Å². The van der Waals surface area contributed by atoms with Crippen LogP contribution in [0.2, 0.25) is 0 Å². The average Bonchev–Trinajstić information content (AvgIpc) is 2.93. The molecule has 0 aliphatic heterocycles. The molecular formula is C30H36N2O4. The minimum Gasteiger partial charge on any atom is -0.497 e. The van der Waals surface area contributed by atoms with Crippen LogP contribution in [0.4, 0.5) is 0 Å². The number of methoxy groups -OCH3 is 1. The standard InChI is InChI=1S/C30H36N2O4/c1-4-18-31-30(34)28(20-24-10-7-6-8-11-24)32(21-25-12-9-13-27(19-25)35-3)29(33)22-36-26-16-14-23(5-2)15-17-26/h6-17,19,28H,4-5,18,20-22H2,1-3H3,(H,31,34). The fourth-order valence-corrected chi connectivity index (χ4v) is 3.94. The van der Waals surface area contributed by atoms with Crippen molar-refractivity contribution in [1.82, 2.24) is 10.2 Å². The van der Waals surface area contributed by atoms with Crippen molar-refractivity contribution in [3.8, 4) is 11.5 Å². The molecule has 1 atom stereocenters. The molecule has 3 aromatic rings. The van der Waals surface area contributed by atoms with Gasteiger partial charge in [-0.2, -0.15) is 0 Å². The predicted octanol–water partition coefficient (Wildman–Crippen LogP) is 4.80. The number of amides is 2. The fraction of sp³-hybridized carbons (Fsp3) is 0.333. The van der Waals surface area contributed by atoms with Crippen LogP contribution in [0.5, 0.6) is 11.5 Å². The molecule has 0 spiro atoms. The Bertz CT molecular complexity index is 1100. The van der Waals surface area contributed by atoms with E-state index in [1.165, 1.54) is 5.56 Å². The van der Waals surface area contributed by atoms with Gasteiger partial charge in [0.1, 0.15) is 17.5 Å². The molecule has 1 N–H and O–H groups in total. The number of aryl methyl sites for hydroxylation is 1. The monoisotopic (exact) mass is 488 g/mol. The smallest absolute Gasteiger partial charge is 0.261 e. The van der Waals surface area contributed by atoms with Gasteiger partial charge in [0.15, 0.2) is 6.61 Å². The van der Waals surface area contributed by atoms with E-state index in [1.54, 1.807) is 12.0 Å². The molecule has 0 aliphatic carbocycles. The summed E-state index contributed by atoms with van der Waals surface area (Å²) in [6, 6.07) is 24.3. The van der Waals surface area contributed by atoms with E-state index < -0.39 is 6.04 Å². The number of ether oxygens (including phenoxy) is 2. The molecule has 190 valence electrons. The highest BCUT2D eigenvalue weighted by Crippen LogP contribution is 2.19. The highest BCUT2D eigenvalue weighted by atomic mass is 16.5. The van der Waals surface area contributed by atoms with Crippen LogP contribution in [0, 0.1) is 0 Å². The van der Waals surface area contributed by atoms with Crippen LogP contribution in [0.15, 0.2) is 78.9 Å². The van der Waals surface area contributed by atoms with E-state index in [0.29, 0.717) is 24.5 Å². The Morgan fingerprint density at radius 3 is 2.25 bits per heavy atom. The zero-order valence-electron chi connectivity index (χ0n) is 21.4. The Kier molecular flexibility index (Phi) is 10.4. The number of benzene rings is 3. The second-order valence-corrected chi connectivity index (χ2v) is 8.66. The number of hydrogen-bond acceptors (Lipinski definition) is 4. The molecule has 36 heavy (non-hydrogen) atoms. The van der Waals surface area contributed by atoms with Crippen LogP contribution in [-0.4, -0.2) is 43.0 Å². The molecule has 6 heteroatoms. The van der Waals surface area contributed by atoms with E-state index in [4.69, 9.17) is 9.47 Å². The summed E-state index contributed by atoms with van der Waals surface area (Å²) in [6.07, 6.45) is 2.14. The molecule has 0 fully saturated rings. The summed E-state index contributed by atoms with van der Waals surface area (Å²) in [6.45, 7) is 4.73. The lowest BCUT2D eigenvalue weighted by Crippen LogP contribution is -2.51. The lowest BCUT2D eigenvalue weighted by molar-refractivity contribution is -0.142. The van der Waals surface area contributed by atoms with Crippen LogP contribution in [0.25, 0.3) is 0 Å². The van der Waals surface area contributed by atoms with Gasteiger partial charge in [-0.1, -0.05) is 68.4 Å². The first-order chi connectivity index (χ1) is 17.5. The molecule has 0 aliphatic rings. The van der Waals surface area contributed by atoms with E-state index in [2.05, 4.69) is 12.2 Å². The number of carbonyl (C=O) groups is 2. The number of rotatable bonds is 13. The number of carbonyl (C=O) groups excluding carboxylic acids is 2. The summed E-state index contributed by atoms with van der Waals surface area (Å²) in [5, 5.41) is 2.98. The topological polar surface area (TPSA) is 67.9 Å². The third kappa shape index (κ3) is 7.87. The van der Waals surface area contributed by atoms with Crippen LogP contribution in [-0.2, 0) is 29.0 Å². The Balaban J connectivity index is 1.88. The number of nitrogens with zero attached hydrogens (tertiary/aromatic N) is 1. The summed E-state index contributed by atoms with van der Waals surface area (Å²) in [5.41, 5.74) is 3.05. The normalized spacial score (nSPS) is 11.4. The van der Waals surface area contributed by atoms with Gasteiger partial charge < -0.3 is 19.7 Å². The maximum Gasteiger partial charge on any atom is 0.261 e. The van der Waals surface area contributed by atoms with Gasteiger partial charge in [-0.25, -0.2) is 0 Å². The maximum absolute atomic E-state index is 13.6. The molecule has 0 aromatic heterocycles.